The van der Waals surface area contributed by atoms with Crippen molar-refractivity contribution in [2.75, 3.05) is 0 Å². The second kappa shape index (κ2) is 19.7. The monoisotopic (exact) mass is 465 g/mol. The van der Waals surface area contributed by atoms with Crippen LogP contribution in [-0.4, -0.2) is 12.4 Å². The van der Waals surface area contributed by atoms with E-state index in [1.54, 1.807) is 0 Å². The number of benzene rings is 1. The summed E-state index contributed by atoms with van der Waals surface area (Å²) in [5, 5.41) is 0. The maximum Gasteiger partial charge on any atom is 0.244 e. The number of aliphatic imine (C=N–C) groups is 2. The molecule has 1 heterocycles. The van der Waals surface area contributed by atoms with Crippen molar-refractivity contribution in [3.8, 4) is 0 Å². The summed E-state index contributed by atoms with van der Waals surface area (Å²) < 4.78 is 0. The topological polar surface area (TPSA) is 24.7 Å². The first-order valence-corrected chi connectivity index (χ1v) is 14.8. The van der Waals surface area contributed by atoms with Crippen LogP contribution in [0.5, 0.6) is 0 Å². The molecule has 0 spiro atoms. The first-order chi connectivity index (χ1) is 16.8. The lowest BCUT2D eigenvalue weighted by Crippen LogP contribution is -2.22. The van der Waals surface area contributed by atoms with Crippen molar-refractivity contribution in [1.82, 2.24) is 0 Å². The SMILES string of the molecule is CCCCCCCCCCCCCCCC(Cc1ccccc1)C(CCCCC)[C+]1N=CC=N1. The Labute approximate surface area is 212 Å². The Balaban J connectivity index is 1.71. The van der Waals surface area contributed by atoms with Crippen molar-refractivity contribution in [3.05, 3.63) is 42.1 Å². The highest BCUT2D eigenvalue weighted by atomic mass is 15.0. The molecule has 1 aromatic rings. The minimum Gasteiger partial charge on any atom is -0.0965 e. The summed E-state index contributed by atoms with van der Waals surface area (Å²) in [5.74, 6) is 1.15. The second-order valence-electron chi connectivity index (χ2n) is 10.5. The van der Waals surface area contributed by atoms with Crippen molar-refractivity contribution in [3.63, 3.8) is 0 Å². The molecule has 1 aromatic carbocycles. The van der Waals surface area contributed by atoms with Crippen LogP contribution in [0.3, 0.4) is 0 Å². The summed E-state index contributed by atoms with van der Waals surface area (Å²) in [6.45, 7) is 4.59. The standard InChI is InChI=1S/C32H53N2/c1-3-5-7-8-9-10-11-12-13-14-15-16-21-24-30(28-29-22-19-17-20-23-29)31(25-18-6-4-2)32-33-26-27-34-32/h17,19-20,22-23,26-27,30-31H,3-16,18,21,24-25,28H2,1-2H3/q+1. The van der Waals surface area contributed by atoms with Gasteiger partial charge in [-0.25, -0.2) is 0 Å². The Morgan fingerprint density at radius 1 is 0.588 bits per heavy atom. The van der Waals surface area contributed by atoms with Crippen LogP contribution in [0.25, 0.3) is 0 Å². The summed E-state index contributed by atoms with van der Waals surface area (Å²) in [7, 11) is 0. The third-order valence-electron chi connectivity index (χ3n) is 7.52. The van der Waals surface area contributed by atoms with Crippen LogP contribution >= 0.6 is 0 Å². The molecule has 0 amide bonds. The van der Waals surface area contributed by atoms with E-state index in [1.807, 2.05) is 12.4 Å². The van der Waals surface area contributed by atoms with Gasteiger partial charge in [0.15, 0.2) is 12.4 Å². The average molecular weight is 466 g/mol. The zero-order valence-corrected chi connectivity index (χ0v) is 22.5. The molecule has 0 radical (unpaired) electrons. The van der Waals surface area contributed by atoms with Gasteiger partial charge in [-0.15, -0.1) is 0 Å². The molecule has 0 fully saturated rings. The van der Waals surface area contributed by atoms with Crippen LogP contribution in [0, 0.1) is 18.0 Å². The first-order valence-electron chi connectivity index (χ1n) is 14.8. The van der Waals surface area contributed by atoms with Crippen molar-refractivity contribution in [1.29, 1.82) is 0 Å². The molecule has 0 saturated heterocycles. The molecule has 0 N–H and O–H groups in total. The predicted octanol–water partition coefficient (Wildman–Crippen LogP) is 10.2. The number of nitrogens with zero attached hydrogens (tertiary/aromatic N) is 2. The molecule has 1 aliphatic rings. The van der Waals surface area contributed by atoms with Gasteiger partial charge in [0.2, 0.25) is 6.17 Å². The molecule has 2 nitrogen and oxygen atoms in total. The average Bonchev–Trinajstić information content (AvgIpc) is 3.39. The van der Waals surface area contributed by atoms with Gasteiger partial charge in [-0.2, -0.15) is 0 Å². The minimum atomic E-state index is 0.499. The van der Waals surface area contributed by atoms with E-state index >= 15 is 0 Å². The van der Waals surface area contributed by atoms with Crippen LogP contribution in [0.4, 0.5) is 0 Å². The zero-order chi connectivity index (χ0) is 24.1. The Morgan fingerprint density at radius 2 is 1.06 bits per heavy atom. The van der Waals surface area contributed by atoms with Gasteiger partial charge in [0.05, 0.1) is 5.92 Å². The molecule has 0 saturated carbocycles. The Bertz CT molecular complexity index is 624. The van der Waals surface area contributed by atoms with Crippen LogP contribution in [0.2, 0.25) is 0 Å². The third kappa shape index (κ3) is 12.8. The quantitative estimate of drug-likeness (QED) is 0.120. The second-order valence-corrected chi connectivity index (χ2v) is 10.5. The Hall–Kier alpha value is -1.57. The summed E-state index contributed by atoms with van der Waals surface area (Å²) in [5.41, 5.74) is 1.47. The lowest BCUT2D eigenvalue weighted by atomic mass is 9.78. The first kappa shape index (κ1) is 28.7. The van der Waals surface area contributed by atoms with Gasteiger partial charge in [0.25, 0.3) is 0 Å². The zero-order valence-electron chi connectivity index (χ0n) is 22.5. The lowest BCUT2D eigenvalue weighted by molar-refractivity contribution is 0.284. The summed E-state index contributed by atoms with van der Waals surface area (Å²) in [4.78, 5) is 9.32. The highest BCUT2D eigenvalue weighted by Gasteiger charge is 2.35. The maximum atomic E-state index is 4.66. The number of rotatable bonds is 22. The van der Waals surface area contributed by atoms with E-state index in [9.17, 15) is 0 Å². The van der Waals surface area contributed by atoms with Gasteiger partial charge >= 0.3 is 0 Å². The molecule has 0 aromatic heterocycles. The number of unbranched alkanes of at least 4 members (excludes halogenated alkanes) is 14. The fourth-order valence-corrected chi connectivity index (χ4v) is 5.42. The molecule has 1 aliphatic heterocycles. The van der Waals surface area contributed by atoms with E-state index in [0.717, 1.165) is 12.6 Å². The molecule has 190 valence electrons. The van der Waals surface area contributed by atoms with E-state index in [0.29, 0.717) is 11.8 Å². The van der Waals surface area contributed by atoms with Gasteiger partial charge < -0.3 is 0 Å². The third-order valence-corrected chi connectivity index (χ3v) is 7.52. The maximum absolute atomic E-state index is 4.66. The number of hydrogen-bond acceptors (Lipinski definition) is 2. The van der Waals surface area contributed by atoms with Crippen molar-refractivity contribution in [2.24, 2.45) is 21.8 Å². The van der Waals surface area contributed by atoms with Gasteiger partial charge in [-0.05, 0) is 30.7 Å². The van der Waals surface area contributed by atoms with Crippen LogP contribution < -0.4 is 0 Å². The van der Waals surface area contributed by atoms with Crippen LogP contribution in [-0.2, 0) is 6.42 Å². The predicted molar refractivity (Wildman–Crippen MR) is 152 cm³/mol. The molecule has 0 bridgehead atoms. The summed E-state index contributed by atoms with van der Waals surface area (Å²) >= 11 is 0. The molecular weight excluding hydrogens is 412 g/mol. The van der Waals surface area contributed by atoms with Crippen LogP contribution in [0.1, 0.15) is 135 Å². The highest BCUT2D eigenvalue weighted by Crippen LogP contribution is 2.36. The minimum absolute atomic E-state index is 0.499. The molecule has 2 unspecified atom stereocenters. The largest absolute Gasteiger partial charge is 0.244 e. The molecule has 2 rings (SSSR count). The molecule has 34 heavy (non-hydrogen) atoms. The Morgan fingerprint density at radius 3 is 1.62 bits per heavy atom. The van der Waals surface area contributed by atoms with Gasteiger partial charge in [0, 0.05) is 0 Å². The smallest absolute Gasteiger partial charge is 0.0965 e. The van der Waals surface area contributed by atoms with Crippen molar-refractivity contribution in [2.45, 2.75) is 136 Å². The number of hydrogen-bond donors (Lipinski definition) is 0. The molecule has 2 atom stereocenters. The van der Waals surface area contributed by atoms with Gasteiger partial charge in [-0.1, -0.05) is 157 Å². The normalized spacial score (nSPS) is 14.7. The van der Waals surface area contributed by atoms with Gasteiger partial charge in [-0.3, -0.25) is 0 Å². The molecular formula is C32H53N2+. The summed E-state index contributed by atoms with van der Waals surface area (Å²) in [6, 6.07) is 11.1. The molecule has 0 aliphatic carbocycles. The van der Waals surface area contributed by atoms with Crippen molar-refractivity contribution >= 4 is 12.4 Å². The molecule has 2 heteroatoms. The van der Waals surface area contributed by atoms with E-state index in [-0.39, 0.29) is 0 Å². The Kier molecular flexibility index (Phi) is 16.6. The fraction of sp³-hybridized carbons (Fsp3) is 0.719. The summed E-state index contributed by atoms with van der Waals surface area (Å²) in [6.07, 6.45) is 30.9. The van der Waals surface area contributed by atoms with E-state index in [2.05, 4.69) is 54.2 Å². The van der Waals surface area contributed by atoms with Gasteiger partial charge in [0.1, 0.15) is 0 Å². The highest BCUT2D eigenvalue weighted by molar-refractivity contribution is 6.18. The van der Waals surface area contributed by atoms with E-state index < -0.39 is 0 Å². The van der Waals surface area contributed by atoms with E-state index in [4.69, 9.17) is 0 Å². The van der Waals surface area contributed by atoms with E-state index in [1.165, 1.54) is 121 Å². The fourth-order valence-electron chi connectivity index (χ4n) is 5.42. The lowest BCUT2D eigenvalue weighted by Gasteiger charge is -2.26. The van der Waals surface area contributed by atoms with Crippen molar-refractivity contribution < 1.29 is 0 Å². The van der Waals surface area contributed by atoms with Crippen LogP contribution in [0.15, 0.2) is 40.3 Å².